The molecule has 1 aromatic heterocycles. The maximum absolute atomic E-state index is 9.70. The minimum absolute atomic E-state index is 0.0382. The summed E-state index contributed by atoms with van der Waals surface area (Å²) in [6.45, 7) is 1.77. The fourth-order valence-electron chi connectivity index (χ4n) is 1.55. The number of phenolic OH excluding ortho intramolecular Hbond substituents is 2. The first-order valence-corrected chi connectivity index (χ1v) is 4.40. The quantitative estimate of drug-likeness (QED) is 0.487. The Balaban J connectivity index is 2.92. The van der Waals surface area contributed by atoms with Gasteiger partial charge < -0.3 is 10.2 Å². The fraction of sp³-hybridized carbons (Fsp3) is 0.182. The van der Waals surface area contributed by atoms with E-state index in [4.69, 9.17) is 0 Å². The van der Waals surface area contributed by atoms with E-state index in [0.29, 0.717) is 10.9 Å². The first-order chi connectivity index (χ1) is 6.59. The van der Waals surface area contributed by atoms with Gasteiger partial charge in [0.15, 0.2) is 23.9 Å². The first-order valence-electron chi connectivity index (χ1n) is 4.40. The molecule has 2 N–H and O–H groups in total. The van der Waals surface area contributed by atoms with Crippen LogP contribution in [0.25, 0.3) is 10.8 Å². The molecule has 0 aliphatic heterocycles. The monoisotopic (exact) mass is 190 g/mol. The number of aryl methyl sites for hydroxylation is 2. The molecule has 0 aliphatic rings. The SMILES string of the molecule is Cc1cc2cc[n+](C)cc2c(O)c1O. The Morgan fingerprint density at radius 1 is 1.21 bits per heavy atom. The summed E-state index contributed by atoms with van der Waals surface area (Å²) in [5.41, 5.74) is 0.684. The third kappa shape index (κ3) is 1.18. The lowest BCUT2D eigenvalue weighted by molar-refractivity contribution is -0.670. The van der Waals surface area contributed by atoms with Crippen molar-refractivity contribution in [1.82, 2.24) is 0 Å². The van der Waals surface area contributed by atoms with Crippen LogP contribution in [0.15, 0.2) is 24.5 Å². The summed E-state index contributed by atoms with van der Waals surface area (Å²) in [6.07, 6.45) is 3.68. The van der Waals surface area contributed by atoms with Gasteiger partial charge in [0.25, 0.3) is 0 Å². The maximum atomic E-state index is 9.70. The van der Waals surface area contributed by atoms with Crippen LogP contribution < -0.4 is 4.57 Å². The van der Waals surface area contributed by atoms with Gasteiger partial charge in [0.1, 0.15) is 7.05 Å². The van der Waals surface area contributed by atoms with Crippen molar-refractivity contribution in [3.8, 4) is 11.5 Å². The van der Waals surface area contributed by atoms with Crippen molar-refractivity contribution in [2.75, 3.05) is 0 Å². The number of aromatic nitrogens is 1. The van der Waals surface area contributed by atoms with Gasteiger partial charge in [0.2, 0.25) is 0 Å². The predicted molar refractivity (Wildman–Crippen MR) is 53.2 cm³/mol. The predicted octanol–water partition coefficient (Wildman–Crippen LogP) is 1.38. The van der Waals surface area contributed by atoms with E-state index >= 15 is 0 Å². The van der Waals surface area contributed by atoms with E-state index < -0.39 is 0 Å². The second kappa shape index (κ2) is 2.87. The molecule has 0 unspecified atom stereocenters. The van der Waals surface area contributed by atoms with Crippen molar-refractivity contribution in [2.24, 2.45) is 7.05 Å². The molecule has 3 nitrogen and oxygen atoms in total. The average Bonchev–Trinajstić information content (AvgIpc) is 2.16. The minimum Gasteiger partial charge on any atom is -0.504 e. The molecule has 3 heteroatoms. The summed E-state index contributed by atoms with van der Waals surface area (Å²) in [6, 6.07) is 3.76. The van der Waals surface area contributed by atoms with Crippen LogP contribution in [0.1, 0.15) is 5.56 Å². The van der Waals surface area contributed by atoms with Gasteiger partial charge in [-0.15, -0.1) is 0 Å². The molecular weight excluding hydrogens is 178 g/mol. The lowest BCUT2D eigenvalue weighted by Gasteiger charge is -2.04. The largest absolute Gasteiger partial charge is 0.504 e. The van der Waals surface area contributed by atoms with Crippen LogP contribution in [0.2, 0.25) is 0 Å². The van der Waals surface area contributed by atoms with E-state index in [1.807, 2.05) is 29.9 Å². The van der Waals surface area contributed by atoms with Gasteiger partial charge in [-0.2, -0.15) is 0 Å². The molecule has 0 saturated carbocycles. The van der Waals surface area contributed by atoms with E-state index in [-0.39, 0.29) is 11.5 Å². The van der Waals surface area contributed by atoms with Gasteiger partial charge in [-0.05, 0) is 23.9 Å². The highest BCUT2D eigenvalue weighted by Crippen LogP contribution is 2.35. The number of nitrogens with zero attached hydrogens (tertiary/aromatic N) is 1. The van der Waals surface area contributed by atoms with Gasteiger partial charge in [-0.1, -0.05) is 0 Å². The Morgan fingerprint density at radius 2 is 1.93 bits per heavy atom. The van der Waals surface area contributed by atoms with Crippen LogP contribution in [0.5, 0.6) is 11.5 Å². The van der Waals surface area contributed by atoms with Gasteiger partial charge in [0.05, 0.1) is 5.39 Å². The van der Waals surface area contributed by atoms with Gasteiger partial charge in [-0.3, -0.25) is 0 Å². The summed E-state index contributed by atoms with van der Waals surface area (Å²) < 4.78 is 1.83. The van der Waals surface area contributed by atoms with Crippen molar-refractivity contribution >= 4 is 10.8 Å². The number of hydrogen-bond acceptors (Lipinski definition) is 2. The lowest BCUT2D eigenvalue weighted by atomic mass is 10.1. The zero-order valence-electron chi connectivity index (χ0n) is 8.15. The van der Waals surface area contributed by atoms with Crippen molar-refractivity contribution in [2.45, 2.75) is 6.92 Å². The van der Waals surface area contributed by atoms with Crippen molar-refractivity contribution in [3.63, 3.8) is 0 Å². The zero-order valence-corrected chi connectivity index (χ0v) is 8.15. The van der Waals surface area contributed by atoms with Crippen LogP contribution in [0.3, 0.4) is 0 Å². The Morgan fingerprint density at radius 3 is 2.64 bits per heavy atom. The van der Waals surface area contributed by atoms with E-state index in [9.17, 15) is 10.2 Å². The highest BCUT2D eigenvalue weighted by Gasteiger charge is 2.11. The van der Waals surface area contributed by atoms with Crippen LogP contribution >= 0.6 is 0 Å². The van der Waals surface area contributed by atoms with E-state index in [1.165, 1.54) is 0 Å². The molecule has 1 aromatic carbocycles. The summed E-state index contributed by atoms with van der Waals surface area (Å²) in [5.74, 6) is -0.0834. The number of phenols is 2. The molecule has 14 heavy (non-hydrogen) atoms. The Bertz CT molecular complexity index is 506. The summed E-state index contributed by atoms with van der Waals surface area (Å²) >= 11 is 0. The van der Waals surface area contributed by atoms with Crippen LogP contribution in [0, 0.1) is 6.92 Å². The smallest absolute Gasteiger partial charge is 0.180 e. The molecule has 2 rings (SSSR count). The van der Waals surface area contributed by atoms with E-state index in [2.05, 4.69) is 0 Å². The van der Waals surface area contributed by atoms with Crippen LogP contribution in [-0.2, 0) is 7.05 Å². The Labute approximate surface area is 81.9 Å². The third-order valence-electron chi connectivity index (χ3n) is 2.36. The first kappa shape index (κ1) is 8.81. The number of aromatic hydroxyl groups is 2. The average molecular weight is 190 g/mol. The molecule has 0 aliphatic carbocycles. The van der Waals surface area contributed by atoms with Gasteiger partial charge in [-0.25, -0.2) is 4.57 Å². The molecular formula is C11H12NO2+. The number of hydrogen-bond donors (Lipinski definition) is 2. The normalized spacial score (nSPS) is 10.7. The minimum atomic E-state index is -0.0452. The summed E-state index contributed by atoms with van der Waals surface area (Å²) in [7, 11) is 1.87. The van der Waals surface area contributed by atoms with Crippen molar-refractivity contribution in [1.29, 1.82) is 0 Å². The zero-order chi connectivity index (χ0) is 10.3. The Hall–Kier alpha value is -1.77. The molecule has 0 amide bonds. The number of rotatable bonds is 0. The molecule has 2 aromatic rings. The van der Waals surface area contributed by atoms with Crippen LogP contribution in [-0.4, -0.2) is 10.2 Å². The second-order valence-electron chi connectivity index (χ2n) is 3.50. The van der Waals surface area contributed by atoms with Gasteiger partial charge in [0, 0.05) is 6.07 Å². The number of fused-ring (bicyclic) bond motifs is 1. The number of benzene rings is 1. The molecule has 0 radical (unpaired) electrons. The molecule has 0 bridgehead atoms. The molecule has 1 heterocycles. The van der Waals surface area contributed by atoms with E-state index in [1.54, 1.807) is 13.1 Å². The number of pyridine rings is 1. The third-order valence-corrected chi connectivity index (χ3v) is 2.36. The van der Waals surface area contributed by atoms with E-state index in [0.717, 1.165) is 5.39 Å². The lowest BCUT2D eigenvalue weighted by Crippen LogP contribution is -2.25. The van der Waals surface area contributed by atoms with Crippen molar-refractivity contribution < 1.29 is 14.8 Å². The highest BCUT2D eigenvalue weighted by atomic mass is 16.3. The standard InChI is InChI=1S/C11H11NO2/c1-7-5-8-3-4-12(2)6-9(8)11(14)10(7)13/h3-6,13H,1-2H3/p+1. The fourth-order valence-corrected chi connectivity index (χ4v) is 1.55. The van der Waals surface area contributed by atoms with Crippen LogP contribution in [0.4, 0.5) is 0 Å². The molecule has 0 atom stereocenters. The molecule has 0 saturated heterocycles. The van der Waals surface area contributed by atoms with Crippen molar-refractivity contribution in [3.05, 3.63) is 30.1 Å². The van der Waals surface area contributed by atoms with Gasteiger partial charge >= 0.3 is 0 Å². The molecule has 0 fully saturated rings. The highest BCUT2D eigenvalue weighted by molar-refractivity contribution is 5.90. The molecule has 72 valence electrons. The maximum Gasteiger partial charge on any atom is 0.180 e. The topological polar surface area (TPSA) is 44.3 Å². The Kier molecular flexibility index (Phi) is 1.81. The summed E-state index contributed by atoms with van der Waals surface area (Å²) in [5, 5.41) is 20.8. The molecule has 0 spiro atoms. The second-order valence-corrected chi connectivity index (χ2v) is 3.50. The summed E-state index contributed by atoms with van der Waals surface area (Å²) in [4.78, 5) is 0.